The maximum atomic E-state index is 14.0. The van der Waals surface area contributed by atoms with Crippen molar-refractivity contribution >= 4 is 11.7 Å². The summed E-state index contributed by atoms with van der Waals surface area (Å²) in [4.78, 5) is 14.7. The predicted molar refractivity (Wildman–Crippen MR) is 99.9 cm³/mol. The minimum Gasteiger partial charge on any atom is -0.304 e. The number of rotatable bonds is 4. The topological polar surface area (TPSA) is 89.7 Å². The van der Waals surface area contributed by atoms with Gasteiger partial charge in [-0.3, -0.25) is 19.9 Å². The Bertz CT molecular complexity index is 978. The average Bonchev–Trinajstić information content (AvgIpc) is 3.37. The maximum Gasteiger partial charge on any atom is 0.277 e. The van der Waals surface area contributed by atoms with Crippen LogP contribution in [0, 0.1) is 12.7 Å². The number of nitrogens with zero attached hydrogens (tertiary/aromatic N) is 3. The smallest absolute Gasteiger partial charge is 0.277 e. The van der Waals surface area contributed by atoms with Crippen molar-refractivity contribution in [1.29, 1.82) is 0 Å². The van der Waals surface area contributed by atoms with Crippen LogP contribution in [0.3, 0.4) is 0 Å². The summed E-state index contributed by atoms with van der Waals surface area (Å²) in [6, 6.07) is 8.49. The molecule has 1 unspecified atom stereocenters. The van der Waals surface area contributed by atoms with E-state index in [2.05, 4.69) is 37.7 Å². The third kappa shape index (κ3) is 3.48. The number of hydrogen-bond donors (Lipinski definition) is 3. The molecule has 3 N–H and O–H groups in total. The molecule has 3 heterocycles. The van der Waals surface area contributed by atoms with Crippen molar-refractivity contribution in [1.82, 2.24) is 25.3 Å². The van der Waals surface area contributed by atoms with Gasteiger partial charge in [0.25, 0.3) is 5.91 Å². The van der Waals surface area contributed by atoms with Gasteiger partial charge in [-0.15, -0.1) is 0 Å². The summed E-state index contributed by atoms with van der Waals surface area (Å²) in [5.74, 6) is -0.390. The van der Waals surface area contributed by atoms with E-state index in [1.807, 2.05) is 6.92 Å². The van der Waals surface area contributed by atoms with Crippen molar-refractivity contribution in [3.05, 3.63) is 53.1 Å². The number of nitrogens with one attached hydrogen (secondary N) is 3. The third-order valence-corrected chi connectivity index (χ3v) is 4.94. The number of aryl methyl sites for hydroxylation is 1. The fourth-order valence-electron chi connectivity index (χ4n) is 3.48. The summed E-state index contributed by atoms with van der Waals surface area (Å²) < 4.78 is 14.0. The fraction of sp³-hybridized carbons (Fsp3) is 0.316. The second-order valence-corrected chi connectivity index (χ2v) is 6.95. The first-order valence-corrected chi connectivity index (χ1v) is 8.90. The Kier molecular flexibility index (Phi) is 4.49. The van der Waals surface area contributed by atoms with Crippen LogP contribution in [0.4, 0.5) is 10.2 Å². The number of aromatic amines is 2. The molecule has 140 valence electrons. The lowest BCUT2D eigenvalue weighted by Gasteiger charge is -2.16. The summed E-state index contributed by atoms with van der Waals surface area (Å²) >= 11 is 0. The molecule has 0 radical (unpaired) electrons. The molecule has 4 rings (SSSR count). The molecule has 0 aliphatic carbocycles. The number of amides is 1. The van der Waals surface area contributed by atoms with Crippen molar-refractivity contribution in [2.75, 3.05) is 18.9 Å². The first kappa shape index (κ1) is 17.4. The van der Waals surface area contributed by atoms with E-state index in [9.17, 15) is 9.18 Å². The minimum atomic E-state index is -0.360. The van der Waals surface area contributed by atoms with Crippen molar-refractivity contribution in [2.45, 2.75) is 25.8 Å². The first-order valence-electron chi connectivity index (χ1n) is 8.90. The molecule has 1 aliphatic heterocycles. The van der Waals surface area contributed by atoms with Crippen LogP contribution in [0.25, 0.3) is 11.3 Å². The summed E-state index contributed by atoms with van der Waals surface area (Å²) in [5.41, 5.74) is 3.09. The SMILES string of the molecule is Cc1ccc(F)c(-c2cc(NC(=O)c3cc(C4CCCN4C)[nH]n3)n[nH]2)c1. The zero-order valence-corrected chi connectivity index (χ0v) is 15.2. The Balaban J connectivity index is 1.48. The number of likely N-dealkylation sites (tertiary alicyclic amines) is 1. The number of hydrogen-bond acceptors (Lipinski definition) is 4. The quantitative estimate of drug-likeness (QED) is 0.659. The van der Waals surface area contributed by atoms with Crippen LogP contribution in [-0.4, -0.2) is 44.8 Å². The number of carbonyl (C=O) groups excluding carboxylic acids is 1. The molecule has 27 heavy (non-hydrogen) atoms. The van der Waals surface area contributed by atoms with Crippen LogP contribution >= 0.6 is 0 Å². The number of aromatic nitrogens is 4. The lowest BCUT2D eigenvalue weighted by Crippen LogP contribution is -2.17. The summed E-state index contributed by atoms with van der Waals surface area (Å²) in [6.07, 6.45) is 2.18. The third-order valence-electron chi connectivity index (χ3n) is 4.94. The molecule has 0 saturated carbocycles. The average molecular weight is 368 g/mol. The molecular formula is C19H21FN6O. The standard InChI is InChI=1S/C19H21FN6O/c1-11-5-6-13(20)12(8-11)14-10-18(25-22-14)21-19(27)16-9-15(23-24-16)17-4-3-7-26(17)2/h5-6,8-10,17H,3-4,7H2,1-2H3,(H,23,24)(H2,21,22,25,27). The van der Waals surface area contributed by atoms with E-state index < -0.39 is 0 Å². The summed E-state index contributed by atoms with van der Waals surface area (Å²) in [5, 5.41) is 16.6. The monoisotopic (exact) mass is 368 g/mol. The normalized spacial score (nSPS) is 17.4. The Morgan fingerprint density at radius 1 is 1.26 bits per heavy atom. The molecule has 1 atom stereocenters. The van der Waals surface area contributed by atoms with Gasteiger partial charge in [-0.25, -0.2) is 4.39 Å². The number of benzene rings is 1. The molecule has 1 saturated heterocycles. The second-order valence-electron chi connectivity index (χ2n) is 6.95. The number of halogens is 1. The summed E-state index contributed by atoms with van der Waals surface area (Å²) in [7, 11) is 2.06. The van der Waals surface area contributed by atoms with E-state index in [4.69, 9.17) is 0 Å². The molecule has 3 aromatic rings. The van der Waals surface area contributed by atoms with E-state index >= 15 is 0 Å². The molecule has 0 bridgehead atoms. The molecule has 1 aliphatic rings. The molecule has 2 aromatic heterocycles. The largest absolute Gasteiger partial charge is 0.304 e. The molecule has 1 aromatic carbocycles. The van der Waals surface area contributed by atoms with Crippen molar-refractivity contribution in [3.63, 3.8) is 0 Å². The summed E-state index contributed by atoms with van der Waals surface area (Å²) in [6.45, 7) is 2.93. The van der Waals surface area contributed by atoms with Gasteiger partial charge in [0.15, 0.2) is 11.5 Å². The van der Waals surface area contributed by atoms with Gasteiger partial charge in [0.2, 0.25) is 0 Å². The van der Waals surface area contributed by atoms with Crippen LogP contribution in [-0.2, 0) is 0 Å². The van der Waals surface area contributed by atoms with Gasteiger partial charge in [0.1, 0.15) is 5.82 Å². The highest BCUT2D eigenvalue weighted by Gasteiger charge is 2.25. The zero-order chi connectivity index (χ0) is 19.0. The Hall–Kier alpha value is -3.00. The first-order chi connectivity index (χ1) is 13.0. The number of anilines is 1. The van der Waals surface area contributed by atoms with E-state index in [-0.39, 0.29) is 17.8 Å². The van der Waals surface area contributed by atoms with Gasteiger partial charge in [-0.05, 0) is 51.6 Å². The highest BCUT2D eigenvalue weighted by molar-refractivity contribution is 6.02. The van der Waals surface area contributed by atoms with E-state index in [1.54, 1.807) is 24.3 Å². The van der Waals surface area contributed by atoms with Crippen molar-refractivity contribution in [2.24, 2.45) is 0 Å². The Morgan fingerprint density at radius 2 is 2.11 bits per heavy atom. The van der Waals surface area contributed by atoms with E-state index in [0.717, 1.165) is 30.6 Å². The lowest BCUT2D eigenvalue weighted by molar-refractivity contribution is 0.102. The zero-order valence-electron chi connectivity index (χ0n) is 15.2. The second kappa shape index (κ2) is 6.96. The maximum absolute atomic E-state index is 14.0. The lowest BCUT2D eigenvalue weighted by atomic mass is 10.1. The Morgan fingerprint density at radius 3 is 2.89 bits per heavy atom. The van der Waals surface area contributed by atoms with Gasteiger partial charge >= 0.3 is 0 Å². The Labute approximate surface area is 156 Å². The van der Waals surface area contributed by atoms with Gasteiger partial charge in [-0.1, -0.05) is 11.6 Å². The number of carbonyl (C=O) groups is 1. The van der Waals surface area contributed by atoms with Crippen LogP contribution < -0.4 is 5.32 Å². The van der Waals surface area contributed by atoms with E-state index in [1.165, 1.54) is 6.07 Å². The minimum absolute atomic E-state index is 0.264. The van der Waals surface area contributed by atoms with Crippen molar-refractivity contribution < 1.29 is 9.18 Å². The van der Waals surface area contributed by atoms with Gasteiger partial charge in [0, 0.05) is 11.6 Å². The molecule has 8 heteroatoms. The highest BCUT2D eigenvalue weighted by Crippen LogP contribution is 2.29. The molecule has 7 nitrogen and oxygen atoms in total. The highest BCUT2D eigenvalue weighted by atomic mass is 19.1. The van der Waals surface area contributed by atoms with Gasteiger partial charge < -0.3 is 5.32 Å². The predicted octanol–water partition coefficient (Wildman–Crippen LogP) is 3.27. The molecule has 1 amide bonds. The van der Waals surface area contributed by atoms with Gasteiger partial charge in [0.05, 0.1) is 17.4 Å². The van der Waals surface area contributed by atoms with Crippen LogP contribution in [0.2, 0.25) is 0 Å². The van der Waals surface area contributed by atoms with Crippen molar-refractivity contribution in [3.8, 4) is 11.3 Å². The van der Waals surface area contributed by atoms with Crippen LogP contribution in [0.5, 0.6) is 0 Å². The van der Waals surface area contributed by atoms with Crippen LogP contribution in [0.1, 0.15) is 40.6 Å². The van der Waals surface area contributed by atoms with E-state index in [0.29, 0.717) is 22.8 Å². The molecule has 0 spiro atoms. The molecule has 1 fully saturated rings. The fourth-order valence-corrected chi connectivity index (χ4v) is 3.48. The van der Waals surface area contributed by atoms with Gasteiger partial charge in [-0.2, -0.15) is 10.2 Å². The van der Waals surface area contributed by atoms with Crippen LogP contribution in [0.15, 0.2) is 30.3 Å². The number of H-pyrrole nitrogens is 2. The molecular weight excluding hydrogens is 347 g/mol.